The molecule has 0 bridgehead atoms. The molecule has 0 spiro atoms. The van der Waals surface area contributed by atoms with Crippen LogP contribution < -0.4 is 15.1 Å². The summed E-state index contributed by atoms with van der Waals surface area (Å²) in [5.41, 5.74) is 2.41. The first-order chi connectivity index (χ1) is 10.7. The predicted octanol–water partition coefficient (Wildman–Crippen LogP) is -0.158. The molecule has 122 valence electrons. The molecule has 2 rings (SSSR count). The molecule has 0 fully saturated rings. The number of carbonyl (C=O) groups is 1. The molecule has 1 aromatic rings. The van der Waals surface area contributed by atoms with Crippen LogP contribution in [-0.4, -0.2) is 44.7 Å². The summed E-state index contributed by atoms with van der Waals surface area (Å²) in [7, 11) is 0. The van der Waals surface area contributed by atoms with E-state index >= 15 is 0 Å². The Morgan fingerprint density at radius 1 is 1.32 bits per heavy atom. The van der Waals surface area contributed by atoms with E-state index in [1.807, 2.05) is 17.9 Å². The van der Waals surface area contributed by atoms with E-state index < -0.39 is 0 Å². The van der Waals surface area contributed by atoms with E-state index in [4.69, 9.17) is 0 Å². The maximum absolute atomic E-state index is 12.6. The van der Waals surface area contributed by atoms with Gasteiger partial charge in [-0.3, -0.25) is 4.79 Å². The number of quaternary nitrogens is 2. The van der Waals surface area contributed by atoms with Crippen molar-refractivity contribution >= 4 is 11.6 Å². The number of para-hydroxylation sites is 1. The van der Waals surface area contributed by atoms with Crippen LogP contribution in [0.5, 0.6) is 0 Å². The fraction of sp³-hybridized carbons (Fsp3) is 0.611. The molecule has 22 heavy (non-hydrogen) atoms. The lowest BCUT2D eigenvalue weighted by Gasteiger charge is -2.21. The molecule has 1 aliphatic heterocycles. The zero-order chi connectivity index (χ0) is 15.9. The maximum atomic E-state index is 12.6. The number of fused-ring (bicyclic) bond motifs is 1. The van der Waals surface area contributed by atoms with E-state index in [9.17, 15) is 4.79 Å². The van der Waals surface area contributed by atoms with Crippen molar-refractivity contribution in [3.05, 3.63) is 29.8 Å². The van der Waals surface area contributed by atoms with Crippen LogP contribution in [0.1, 0.15) is 32.8 Å². The SMILES string of the molecule is CC[NH+](CC)CCC[NH2+][C@@H](C)C(=O)N1CCc2ccccc21. The molecular formula is C18H31N3O+2. The number of nitrogens with one attached hydrogen (secondary N) is 1. The van der Waals surface area contributed by atoms with Gasteiger partial charge in [-0.15, -0.1) is 0 Å². The summed E-state index contributed by atoms with van der Waals surface area (Å²) >= 11 is 0. The largest absolute Gasteiger partial charge is 0.336 e. The highest BCUT2D eigenvalue weighted by Gasteiger charge is 2.29. The van der Waals surface area contributed by atoms with Crippen molar-refractivity contribution in [3.63, 3.8) is 0 Å². The Balaban J connectivity index is 1.79. The zero-order valence-electron chi connectivity index (χ0n) is 14.3. The molecule has 3 N–H and O–H groups in total. The number of rotatable bonds is 8. The molecule has 0 aromatic heterocycles. The third-order valence-corrected chi connectivity index (χ3v) is 4.80. The molecule has 0 radical (unpaired) electrons. The quantitative estimate of drug-likeness (QED) is 0.644. The van der Waals surface area contributed by atoms with Gasteiger partial charge in [-0.1, -0.05) is 18.2 Å². The van der Waals surface area contributed by atoms with Crippen LogP contribution in [0.2, 0.25) is 0 Å². The lowest BCUT2D eigenvalue weighted by molar-refractivity contribution is -0.898. The van der Waals surface area contributed by atoms with Crippen LogP contribution in [-0.2, 0) is 11.2 Å². The molecule has 1 aromatic carbocycles. The average Bonchev–Trinajstić information content (AvgIpc) is 2.98. The highest BCUT2D eigenvalue weighted by atomic mass is 16.2. The molecule has 0 saturated heterocycles. The van der Waals surface area contributed by atoms with Gasteiger partial charge in [0, 0.05) is 18.7 Å². The third-order valence-electron chi connectivity index (χ3n) is 4.80. The molecule has 0 unspecified atom stereocenters. The van der Waals surface area contributed by atoms with Gasteiger partial charge in [0.2, 0.25) is 0 Å². The molecule has 0 aliphatic carbocycles. The minimum Gasteiger partial charge on any atom is -0.336 e. The van der Waals surface area contributed by atoms with Gasteiger partial charge in [-0.05, 0) is 38.8 Å². The molecule has 1 amide bonds. The van der Waals surface area contributed by atoms with Crippen LogP contribution in [0.25, 0.3) is 0 Å². The number of amides is 1. The van der Waals surface area contributed by atoms with Crippen molar-refractivity contribution < 1.29 is 15.0 Å². The third kappa shape index (κ3) is 4.08. The number of benzene rings is 1. The Bertz CT molecular complexity index is 485. The number of hydrogen-bond donors (Lipinski definition) is 2. The summed E-state index contributed by atoms with van der Waals surface area (Å²) in [6, 6.07) is 8.28. The maximum Gasteiger partial charge on any atom is 0.284 e. The van der Waals surface area contributed by atoms with E-state index in [1.165, 1.54) is 31.6 Å². The van der Waals surface area contributed by atoms with E-state index in [2.05, 4.69) is 37.4 Å². The Labute approximate surface area is 134 Å². The topological polar surface area (TPSA) is 41.4 Å². The standard InChI is InChI=1S/C18H29N3O/c1-4-20(5-2)13-8-12-19-15(3)18(22)21-14-11-16-9-6-7-10-17(16)21/h6-7,9-10,15,19H,4-5,8,11-14H2,1-3H3/p+2/t15-/m0/s1. The normalized spacial score (nSPS) is 15.2. The van der Waals surface area contributed by atoms with E-state index in [1.54, 1.807) is 4.90 Å². The lowest BCUT2D eigenvalue weighted by atomic mass is 10.2. The van der Waals surface area contributed by atoms with Gasteiger partial charge in [-0.2, -0.15) is 0 Å². The van der Waals surface area contributed by atoms with Crippen molar-refractivity contribution in [2.24, 2.45) is 0 Å². The monoisotopic (exact) mass is 305 g/mol. The predicted molar refractivity (Wildman–Crippen MR) is 90.3 cm³/mol. The minimum atomic E-state index is 0.0119. The van der Waals surface area contributed by atoms with E-state index in [0.29, 0.717) is 0 Å². The minimum absolute atomic E-state index is 0.0119. The number of hydrogen-bond acceptors (Lipinski definition) is 1. The summed E-state index contributed by atoms with van der Waals surface area (Å²) in [4.78, 5) is 16.2. The molecule has 1 atom stereocenters. The first kappa shape index (κ1) is 17.0. The van der Waals surface area contributed by atoms with Gasteiger partial charge in [0.1, 0.15) is 0 Å². The number of anilines is 1. The second kappa shape index (κ2) is 8.30. The molecule has 4 heteroatoms. The van der Waals surface area contributed by atoms with Gasteiger partial charge < -0.3 is 15.1 Å². The summed E-state index contributed by atoms with van der Waals surface area (Å²) in [5, 5.41) is 2.20. The molecule has 0 saturated carbocycles. The van der Waals surface area contributed by atoms with Crippen LogP contribution in [0.15, 0.2) is 24.3 Å². The molecule has 1 aliphatic rings. The number of nitrogens with two attached hydrogens (primary N) is 1. The Morgan fingerprint density at radius 2 is 2.05 bits per heavy atom. The highest BCUT2D eigenvalue weighted by Crippen LogP contribution is 2.27. The fourth-order valence-electron chi connectivity index (χ4n) is 3.24. The Morgan fingerprint density at radius 3 is 2.77 bits per heavy atom. The first-order valence-corrected chi connectivity index (χ1v) is 8.73. The average molecular weight is 305 g/mol. The highest BCUT2D eigenvalue weighted by molar-refractivity contribution is 5.97. The molecule has 4 nitrogen and oxygen atoms in total. The first-order valence-electron chi connectivity index (χ1n) is 8.73. The van der Waals surface area contributed by atoms with Crippen molar-refractivity contribution in [3.8, 4) is 0 Å². The Kier molecular flexibility index (Phi) is 6.40. The summed E-state index contributed by atoms with van der Waals surface area (Å²) < 4.78 is 0. The van der Waals surface area contributed by atoms with Gasteiger partial charge in [-0.25, -0.2) is 0 Å². The van der Waals surface area contributed by atoms with Crippen molar-refractivity contribution in [1.29, 1.82) is 0 Å². The molecule has 1 heterocycles. The fourth-order valence-corrected chi connectivity index (χ4v) is 3.24. The number of carbonyl (C=O) groups excluding carboxylic acids is 1. The van der Waals surface area contributed by atoms with Crippen molar-refractivity contribution in [2.45, 2.75) is 39.7 Å². The second-order valence-electron chi connectivity index (χ2n) is 6.24. The van der Waals surface area contributed by atoms with E-state index in [0.717, 1.165) is 25.2 Å². The van der Waals surface area contributed by atoms with Crippen LogP contribution in [0.4, 0.5) is 5.69 Å². The van der Waals surface area contributed by atoms with Crippen molar-refractivity contribution in [1.82, 2.24) is 0 Å². The summed E-state index contributed by atoms with van der Waals surface area (Å²) in [6.45, 7) is 12.0. The van der Waals surface area contributed by atoms with Crippen LogP contribution in [0, 0.1) is 0 Å². The van der Waals surface area contributed by atoms with Gasteiger partial charge >= 0.3 is 0 Å². The number of nitrogens with zero attached hydrogens (tertiary/aromatic N) is 1. The smallest absolute Gasteiger partial charge is 0.284 e. The van der Waals surface area contributed by atoms with E-state index in [-0.39, 0.29) is 11.9 Å². The van der Waals surface area contributed by atoms with Gasteiger partial charge in [0.25, 0.3) is 5.91 Å². The second-order valence-corrected chi connectivity index (χ2v) is 6.24. The Hall–Kier alpha value is -1.39. The zero-order valence-corrected chi connectivity index (χ0v) is 14.3. The van der Waals surface area contributed by atoms with Crippen LogP contribution >= 0.6 is 0 Å². The lowest BCUT2D eigenvalue weighted by Crippen LogP contribution is -3.11. The molecular weight excluding hydrogens is 274 g/mol. The van der Waals surface area contributed by atoms with Crippen LogP contribution in [0.3, 0.4) is 0 Å². The summed E-state index contributed by atoms with van der Waals surface area (Å²) in [6.07, 6.45) is 2.16. The van der Waals surface area contributed by atoms with Crippen molar-refractivity contribution in [2.75, 3.05) is 37.6 Å². The van der Waals surface area contributed by atoms with Gasteiger partial charge in [0.05, 0.1) is 26.2 Å². The van der Waals surface area contributed by atoms with Gasteiger partial charge in [0.15, 0.2) is 6.04 Å². The summed E-state index contributed by atoms with van der Waals surface area (Å²) in [5.74, 6) is 0.250.